The van der Waals surface area contributed by atoms with Gasteiger partial charge in [-0.25, -0.2) is 4.98 Å². The summed E-state index contributed by atoms with van der Waals surface area (Å²) in [6, 6.07) is 8.30. The smallest absolute Gasteiger partial charge is 0.229 e. The summed E-state index contributed by atoms with van der Waals surface area (Å²) in [6.45, 7) is 8.48. The SMILES string of the molecule is Cc1ccc(C(C)C(=O)N2CCCN(Cc3nccn3C)CC2)cc1. The number of carbonyl (C=O) groups excluding carboxylic acids is 1. The van der Waals surface area contributed by atoms with Gasteiger partial charge in [-0.3, -0.25) is 9.69 Å². The Labute approximate surface area is 150 Å². The van der Waals surface area contributed by atoms with Crippen LogP contribution in [0.3, 0.4) is 0 Å². The fraction of sp³-hybridized carbons (Fsp3) is 0.500. The van der Waals surface area contributed by atoms with Gasteiger partial charge in [0, 0.05) is 45.6 Å². The Hall–Kier alpha value is -2.14. The predicted molar refractivity (Wildman–Crippen MR) is 99.3 cm³/mol. The summed E-state index contributed by atoms with van der Waals surface area (Å²) in [7, 11) is 2.03. The molecule has 0 bridgehead atoms. The summed E-state index contributed by atoms with van der Waals surface area (Å²) < 4.78 is 2.06. The number of amides is 1. The van der Waals surface area contributed by atoms with Crippen LogP contribution in [0.25, 0.3) is 0 Å². The second-order valence-corrected chi connectivity index (χ2v) is 7.04. The Bertz CT molecular complexity index is 707. The Balaban J connectivity index is 1.59. The van der Waals surface area contributed by atoms with Crippen LogP contribution in [0.15, 0.2) is 36.7 Å². The van der Waals surface area contributed by atoms with Crippen LogP contribution in [0.1, 0.15) is 36.2 Å². The highest BCUT2D eigenvalue weighted by Crippen LogP contribution is 2.20. The predicted octanol–water partition coefficient (Wildman–Crippen LogP) is 2.57. The van der Waals surface area contributed by atoms with Gasteiger partial charge in [0.1, 0.15) is 5.82 Å². The number of rotatable bonds is 4. The Morgan fingerprint density at radius 3 is 2.60 bits per heavy atom. The summed E-state index contributed by atoms with van der Waals surface area (Å²) in [5, 5.41) is 0. The van der Waals surface area contributed by atoms with Gasteiger partial charge in [-0.15, -0.1) is 0 Å². The van der Waals surface area contributed by atoms with E-state index in [1.807, 2.05) is 31.3 Å². The Morgan fingerprint density at radius 1 is 1.16 bits per heavy atom. The Kier molecular flexibility index (Phi) is 5.53. The van der Waals surface area contributed by atoms with E-state index >= 15 is 0 Å². The van der Waals surface area contributed by atoms with Gasteiger partial charge in [-0.05, 0) is 25.8 Å². The summed E-state index contributed by atoms with van der Waals surface area (Å²) in [4.78, 5) is 21.7. The molecule has 0 radical (unpaired) electrons. The molecule has 25 heavy (non-hydrogen) atoms. The van der Waals surface area contributed by atoms with Gasteiger partial charge < -0.3 is 9.47 Å². The largest absolute Gasteiger partial charge is 0.341 e. The highest BCUT2D eigenvalue weighted by molar-refractivity contribution is 5.83. The van der Waals surface area contributed by atoms with Gasteiger partial charge in [0.25, 0.3) is 0 Å². The molecule has 0 saturated carbocycles. The molecule has 1 aliphatic heterocycles. The van der Waals surface area contributed by atoms with Gasteiger partial charge in [0.2, 0.25) is 5.91 Å². The van der Waals surface area contributed by atoms with Crippen molar-refractivity contribution in [3.05, 3.63) is 53.6 Å². The number of benzene rings is 1. The van der Waals surface area contributed by atoms with E-state index in [4.69, 9.17) is 0 Å². The van der Waals surface area contributed by atoms with Crippen molar-refractivity contribution in [1.82, 2.24) is 19.4 Å². The van der Waals surface area contributed by atoms with Crippen LogP contribution in [-0.2, 0) is 18.4 Å². The maximum absolute atomic E-state index is 12.9. The van der Waals surface area contributed by atoms with Crippen LogP contribution in [-0.4, -0.2) is 51.4 Å². The van der Waals surface area contributed by atoms with Crippen molar-refractivity contribution in [2.24, 2.45) is 7.05 Å². The molecule has 1 aliphatic rings. The summed E-state index contributed by atoms with van der Waals surface area (Å²) in [5.41, 5.74) is 2.33. The number of imidazole rings is 1. The third kappa shape index (κ3) is 4.28. The van der Waals surface area contributed by atoms with Gasteiger partial charge >= 0.3 is 0 Å². The lowest BCUT2D eigenvalue weighted by atomic mass is 9.98. The molecule has 1 aromatic carbocycles. The zero-order valence-corrected chi connectivity index (χ0v) is 15.5. The van der Waals surface area contributed by atoms with Gasteiger partial charge in [-0.2, -0.15) is 0 Å². The summed E-state index contributed by atoms with van der Waals surface area (Å²) in [5.74, 6) is 1.23. The van der Waals surface area contributed by atoms with Gasteiger partial charge in [0.15, 0.2) is 0 Å². The van der Waals surface area contributed by atoms with Crippen molar-refractivity contribution >= 4 is 5.91 Å². The zero-order valence-electron chi connectivity index (χ0n) is 15.5. The quantitative estimate of drug-likeness (QED) is 0.859. The first-order valence-corrected chi connectivity index (χ1v) is 9.08. The minimum atomic E-state index is -0.0818. The summed E-state index contributed by atoms with van der Waals surface area (Å²) >= 11 is 0. The lowest BCUT2D eigenvalue weighted by Crippen LogP contribution is -2.37. The molecule has 0 aliphatic carbocycles. The monoisotopic (exact) mass is 340 g/mol. The molecule has 2 heterocycles. The van der Waals surface area contributed by atoms with E-state index in [2.05, 4.69) is 45.6 Å². The van der Waals surface area contributed by atoms with Crippen molar-refractivity contribution in [2.75, 3.05) is 26.2 Å². The van der Waals surface area contributed by atoms with Crippen molar-refractivity contribution in [2.45, 2.75) is 32.7 Å². The van der Waals surface area contributed by atoms with Crippen molar-refractivity contribution in [3.63, 3.8) is 0 Å². The molecule has 1 unspecified atom stereocenters. The van der Waals surface area contributed by atoms with Crippen molar-refractivity contribution in [1.29, 1.82) is 0 Å². The minimum Gasteiger partial charge on any atom is -0.341 e. The highest BCUT2D eigenvalue weighted by Gasteiger charge is 2.24. The van der Waals surface area contributed by atoms with E-state index in [1.54, 1.807) is 0 Å². The topological polar surface area (TPSA) is 41.4 Å². The average molecular weight is 340 g/mol. The first-order chi connectivity index (χ1) is 12.0. The molecule has 0 N–H and O–H groups in total. The standard InChI is InChI=1S/C20H28N4O/c1-16-5-7-18(8-6-16)17(2)20(25)24-11-4-10-23(13-14-24)15-19-21-9-12-22(19)3/h5-9,12,17H,4,10-11,13-15H2,1-3H3. The third-order valence-electron chi connectivity index (χ3n) is 5.13. The first kappa shape index (κ1) is 17.7. The molecule has 134 valence electrons. The molecule has 1 saturated heterocycles. The lowest BCUT2D eigenvalue weighted by Gasteiger charge is -2.25. The van der Waals surface area contributed by atoms with E-state index < -0.39 is 0 Å². The average Bonchev–Trinajstić information content (AvgIpc) is 2.87. The van der Waals surface area contributed by atoms with Crippen molar-refractivity contribution < 1.29 is 4.79 Å². The van der Waals surface area contributed by atoms with Crippen LogP contribution in [0, 0.1) is 6.92 Å². The van der Waals surface area contributed by atoms with Crippen LogP contribution < -0.4 is 0 Å². The Morgan fingerprint density at radius 2 is 1.92 bits per heavy atom. The third-order valence-corrected chi connectivity index (χ3v) is 5.13. The second kappa shape index (κ2) is 7.83. The number of hydrogen-bond donors (Lipinski definition) is 0. The van der Waals surface area contributed by atoms with Gasteiger partial charge in [-0.1, -0.05) is 29.8 Å². The molecule has 1 atom stereocenters. The molecule has 1 aromatic heterocycles. The molecule has 1 amide bonds. The fourth-order valence-electron chi connectivity index (χ4n) is 3.37. The van der Waals surface area contributed by atoms with Crippen LogP contribution in [0.2, 0.25) is 0 Å². The first-order valence-electron chi connectivity index (χ1n) is 9.08. The molecule has 3 rings (SSSR count). The number of aromatic nitrogens is 2. The van der Waals surface area contributed by atoms with Crippen molar-refractivity contribution in [3.8, 4) is 0 Å². The van der Waals surface area contributed by atoms with E-state index in [1.165, 1.54) is 5.56 Å². The fourth-order valence-corrected chi connectivity index (χ4v) is 3.37. The van der Waals surface area contributed by atoms with Crippen LogP contribution in [0.4, 0.5) is 0 Å². The number of hydrogen-bond acceptors (Lipinski definition) is 3. The number of aryl methyl sites for hydroxylation is 2. The lowest BCUT2D eigenvalue weighted by molar-refractivity contribution is -0.132. The molecule has 5 heteroatoms. The normalized spacial score (nSPS) is 17.3. The van der Waals surface area contributed by atoms with Crippen LogP contribution >= 0.6 is 0 Å². The molecule has 0 spiro atoms. The molecule has 5 nitrogen and oxygen atoms in total. The van der Waals surface area contributed by atoms with E-state index in [-0.39, 0.29) is 11.8 Å². The molecule has 1 fully saturated rings. The van der Waals surface area contributed by atoms with E-state index in [9.17, 15) is 4.79 Å². The molecular formula is C20H28N4O. The summed E-state index contributed by atoms with van der Waals surface area (Å²) in [6.07, 6.45) is 4.83. The molecule has 2 aromatic rings. The highest BCUT2D eigenvalue weighted by atomic mass is 16.2. The number of carbonyl (C=O) groups is 1. The van der Waals surface area contributed by atoms with Crippen LogP contribution in [0.5, 0.6) is 0 Å². The van der Waals surface area contributed by atoms with E-state index in [0.717, 1.165) is 50.5 Å². The minimum absolute atomic E-state index is 0.0818. The maximum Gasteiger partial charge on any atom is 0.229 e. The van der Waals surface area contributed by atoms with E-state index in [0.29, 0.717) is 0 Å². The second-order valence-electron chi connectivity index (χ2n) is 7.04. The number of nitrogens with zero attached hydrogens (tertiary/aromatic N) is 4. The van der Waals surface area contributed by atoms with Gasteiger partial charge in [0.05, 0.1) is 12.5 Å². The maximum atomic E-state index is 12.9. The molecular weight excluding hydrogens is 312 g/mol. The zero-order chi connectivity index (χ0) is 17.8.